The zero-order valence-electron chi connectivity index (χ0n) is 12.3. The zero-order valence-corrected chi connectivity index (χ0v) is 12.3. The van der Waals surface area contributed by atoms with Crippen LogP contribution in [0.4, 0.5) is 11.5 Å². The fourth-order valence-corrected chi connectivity index (χ4v) is 2.18. The van der Waals surface area contributed by atoms with Crippen LogP contribution in [-0.2, 0) is 0 Å². The van der Waals surface area contributed by atoms with Crippen molar-refractivity contribution in [3.8, 4) is 5.88 Å². The minimum absolute atomic E-state index is 0.179. The standard InChI is InChI=1S/C17H21N3O/c1-12(14-5-3-2-4-6-14)19-16-10-9-15(18)17(20-16)21-11-13-7-8-13/h2-6,9-10,12-13H,7-8,11,18H2,1H3,(H,19,20). The van der Waals surface area contributed by atoms with Crippen LogP contribution in [0.15, 0.2) is 42.5 Å². The van der Waals surface area contributed by atoms with Gasteiger partial charge in [-0.2, -0.15) is 4.98 Å². The Labute approximate surface area is 125 Å². The lowest BCUT2D eigenvalue weighted by atomic mass is 10.1. The van der Waals surface area contributed by atoms with Crippen molar-refractivity contribution in [3.63, 3.8) is 0 Å². The Morgan fingerprint density at radius 1 is 1.24 bits per heavy atom. The molecule has 3 rings (SSSR count). The van der Waals surface area contributed by atoms with Gasteiger partial charge in [-0.3, -0.25) is 0 Å². The highest BCUT2D eigenvalue weighted by atomic mass is 16.5. The summed E-state index contributed by atoms with van der Waals surface area (Å²) in [5.41, 5.74) is 7.73. The molecule has 0 spiro atoms. The van der Waals surface area contributed by atoms with Crippen molar-refractivity contribution < 1.29 is 4.74 Å². The van der Waals surface area contributed by atoms with Crippen LogP contribution in [0.25, 0.3) is 0 Å². The topological polar surface area (TPSA) is 60.2 Å². The largest absolute Gasteiger partial charge is 0.476 e. The lowest BCUT2D eigenvalue weighted by Gasteiger charge is -2.16. The van der Waals surface area contributed by atoms with E-state index in [9.17, 15) is 0 Å². The van der Waals surface area contributed by atoms with E-state index in [1.54, 1.807) is 0 Å². The van der Waals surface area contributed by atoms with E-state index in [1.807, 2.05) is 30.3 Å². The molecular weight excluding hydrogens is 262 g/mol. The van der Waals surface area contributed by atoms with Crippen LogP contribution in [0.3, 0.4) is 0 Å². The molecule has 1 aromatic carbocycles. The van der Waals surface area contributed by atoms with Gasteiger partial charge in [0.05, 0.1) is 12.3 Å². The quantitative estimate of drug-likeness (QED) is 0.850. The molecule has 1 atom stereocenters. The summed E-state index contributed by atoms with van der Waals surface area (Å²) in [5.74, 6) is 2.00. The Bertz CT molecular complexity index is 596. The number of anilines is 2. The first-order valence-electron chi connectivity index (χ1n) is 7.43. The second-order valence-corrected chi connectivity index (χ2v) is 5.62. The number of pyridine rings is 1. The minimum atomic E-state index is 0.179. The van der Waals surface area contributed by atoms with Gasteiger partial charge in [0, 0.05) is 6.04 Å². The number of nitrogens with one attached hydrogen (secondary N) is 1. The lowest BCUT2D eigenvalue weighted by Crippen LogP contribution is -2.10. The number of nitrogens with two attached hydrogens (primary N) is 1. The Morgan fingerprint density at radius 2 is 2.00 bits per heavy atom. The average molecular weight is 283 g/mol. The van der Waals surface area contributed by atoms with Gasteiger partial charge in [0.15, 0.2) is 0 Å². The van der Waals surface area contributed by atoms with Gasteiger partial charge in [0.25, 0.3) is 0 Å². The van der Waals surface area contributed by atoms with Crippen LogP contribution < -0.4 is 15.8 Å². The number of benzene rings is 1. The summed E-state index contributed by atoms with van der Waals surface area (Å²) >= 11 is 0. The number of rotatable bonds is 6. The van der Waals surface area contributed by atoms with Crippen LogP contribution >= 0.6 is 0 Å². The molecule has 4 nitrogen and oxygen atoms in total. The normalized spacial score (nSPS) is 15.5. The van der Waals surface area contributed by atoms with Gasteiger partial charge in [-0.15, -0.1) is 0 Å². The maximum absolute atomic E-state index is 5.92. The summed E-state index contributed by atoms with van der Waals surface area (Å²) in [7, 11) is 0. The third kappa shape index (κ3) is 3.66. The molecule has 2 aromatic rings. The minimum Gasteiger partial charge on any atom is -0.476 e. The zero-order chi connectivity index (χ0) is 14.7. The van der Waals surface area contributed by atoms with E-state index in [0.717, 1.165) is 12.4 Å². The second-order valence-electron chi connectivity index (χ2n) is 5.62. The molecule has 0 saturated heterocycles. The highest BCUT2D eigenvalue weighted by Crippen LogP contribution is 2.31. The SMILES string of the molecule is CC(Nc1ccc(N)c(OCC2CC2)n1)c1ccccc1. The summed E-state index contributed by atoms with van der Waals surface area (Å²) in [4.78, 5) is 4.48. The first kappa shape index (κ1) is 13.7. The van der Waals surface area contributed by atoms with Gasteiger partial charge in [0.2, 0.25) is 5.88 Å². The number of nitrogen functional groups attached to an aromatic ring is 1. The molecule has 1 aliphatic carbocycles. The first-order valence-corrected chi connectivity index (χ1v) is 7.43. The van der Waals surface area contributed by atoms with E-state index < -0.39 is 0 Å². The molecule has 0 radical (unpaired) electrons. The molecule has 0 bridgehead atoms. The first-order chi connectivity index (χ1) is 10.2. The summed E-state index contributed by atoms with van der Waals surface area (Å²) in [6, 6.07) is 14.2. The molecule has 0 amide bonds. The van der Waals surface area contributed by atoms with Crippen molar-refractivity contribution >= 4 is 11.5 Å². The van der Waals surface area contributed by atoms with Crippen LogP contribution in [-0.4, -0.2) is 11.6 Å². The molecule has 4 heteroatoms. The van der Waals surface area contributed by atoms with E-state index in [2.05, 4.69) is 29.4 Å². The molecule has 21 heavy (non-hydrogen) atoms. The number of ether oxygens (including phenoxy) is 1. The molecule has 1 fully saturated rings. The summed E-state index contributed by atoms with van der Waals surface area (Å²) in [6.45, 7) is 2.83. The molecule has 0 aliphatic heterocycles. The van der Waals surface area contributed by atoms with E-state index in [-0.39, 0.29) is 6.04 Å². The van der Waals surface area contributed by atoms with E-state index >= 15 is 0 Å². The Hall–Kier alpha value is -2.23. The van der Waals surface area contributed by atoms with Gasteiger partial charge in [-0.05, 0) is 43.4 Å². The van der Waals surface area contributed by atoms with E-state index in [4.69, 9.17) is 10.5 Å². The Kier molecular flexibility index (Phi) is 3.95. The van der Waals surface area contributed by atoms with Crippen molar-refractivity contribution in [3.05, 3.63) is 48.0 Å². The Morgan fingerprint density at radius 3 is 2.71 bits per heavy atom. The molecule has 110 valence electrons. The molecule has 3 N–H and O–H groups in total. The van der Waals surface area contributed by atoms with Crippen molar-refractivity contribution in [2.75, 3.05) is 17.7 Å². The number of nitrogens with zero attached hydrogens (tertiary/aromatic N) is 1. The van der Waals surface area contributed by atoms with E-state index in [0.29, 0.717) is 17.5 Å². The molecular formula is C17H21N3O. The third-order valence-corrected chi connectivity index (χ3v) is 3.71. The summed E-state index contributed by atoms with van der Waals surface area (Å²) < 4.78 is 5.71. The number of hydrogen-bond donors (Lipinski definition) is 2. The van der Waals surface area contributed by atoms with Crippen molar-refractivity contribution in [1.29, 1.82) is 0 Å². The van der Waals surface area contributed by atoms with Gasteiger partial charge in [-0.25, -0.2) is 0 Å². The van der Waals surface area contributed by atoms with E-state index in [1.165, 1.54) is 18.4 Å². The fraction of sp³-hybridized carbons (Fsp3) is 0.353. The predicted molar refractivity (Wildman–Crippen MR) is 85.3 cm³/mol. The maximum atomic E-state index is 5.92. The van der Waals surface area contributed by atoms with Crippen molar-refractivity contribution in [1.82, 2.24) is 4.98 Å². The summed E-state index contributed by atoms with van der Waals surface area (Å²) in [6.07, 6.45) is 2.51. The molecule has 1 heterocycles. The third-order valence-electron chi connectivity index (χ3n) is 3.71. The summed E-state index contributed by atoms with van der Waals surface area (Å²) in [5, 5.41) is 3.38. The van der Waals surface area contributed by atoms with Crippen LogP contribution in [0.2, 0.25) is 0 Å². The average Bonchev–Trinajstić information content (AvgIpc) is 3.33. The Balaban J connectivity index is 1.68. The van der Waals surface area contributed by atoms with Gasteiger partial charge in [-0.1, -0.05) is 30.3 Å². The highest BCUT2D eigenvalue weighted by molar-refractivity contribution is 5.54. The monoisotopic (exact) mass is 283 g/mol. The molecule has 1 aliphatic rings. The number of aromatic nitrogens is 1. The highest BCUT2D eigenvalue weighted by Gasteiger charge is 2.22. The molecule has 1 aromatic heterocycles. The van der Waals surface area contributed by atoms with Crippen molar-refractivity contribution in [2.45, 2.75) is 25.8 Å². The molecule has 1 unspecified atom stereocenters. The van der Waals surface area contributed by atoms with Gasteiger partial charge >= 0.3 is 0 Å². The van der Waals surface area contributed by atoms with Gasteiger partial charge < -0.3 is 15.8 Å². The maximum Gasteiger partial charge on any atom is 0.239 e. The number of hydrogen-bond acceptors (Lipinski definition) is 4. The smallest absolute Gasteiger partial charge is 0.239 e. The molecule has 1 saturated carbocycles. The van der Waals surface area contributed by atoms with Crippen LogP contribution in [0.1, 0.15) is 31.4 Å². The van der Waals surface area contributed by atoms with Crippen LogP contribution in [0.5, 0.6) is 5.88 Å². The van der Waals surface area contributed by atoms with Crippen molar-refractivity contribution in [2.24, 2.45) is 5.92 Å². The second kappa shape index (κ2) is 6.04. The lowest BCUT2D eigenvalue weighted by molar-refractivity contribution is 0.290. The van der Waals surface area contributed by atoms with Crippen LogP contribution in [0, 0.1) is 5.92 Å². The predicted octanol–water partition coefficient (Wildman–Crippen LogP) is 3.63. The van der Waals surface area contributed by atoms with Gasteiger partial charge in [0.1, 0.15) is 5.82 Å². The fourth-order valence-electron chi connectivity index (χ4n) is 2.18.